The smallest absolute Gasteiger partial charge is 0.134 e. The first-order valence-electron chi connectivity index (χ1n) is 9.20. The molecule has 0 N–H and O–H groups in total. The van der Waals surface area contributed by atoms with Crippen LogP contribution >= 0.6 is 22.6 Å². The van der Waals surface area contributed by atoms with E-state index >= 15 is 0 Å². The molecular formula is C24H16INO. The first kappa shape index (κ1) is 15.5. The van der Waals surface area contributed by atoms with E-state index in [1.54, 1.807) is 0 Å². The van der Waals surface area contributed by atoms with E-state index in [4.69, 9.17) is 4.42 Å². The van der Waals surface area contributed by atoms with Crippen molar-refractivity contribution in [2.45, 2.75) is 12.8 Å². The molecule has 0 amide bonds. The Morgan fingerprint density at radius 3 is 2.22 bits per heavy atom. The van der Waals surface area contributed by atoms with Crippen LogP contribution in [0.5, 0.6) is 0 Å². The average Bonchev–Trinajstić information content (AvgIpc) is 3.23. The molecule has 0 unspecified atom stereocenters. The molecule has 6 rings (SSSR count). The molecule has 130 valence electrons. The van der Waals surface area contributed by atoms with E-state index in [9.17, 15) is 0 Å². The molecule has 3 heteroatoms. The van der Waals surface area contributed by atoms with Gasteiger partial charge in [0.05, 0.1) is 11.0 Å². The average molecular weight is 461 g/mol. The predicted molar refractivity (Wildman–Crippen MR) is 121 cm³/mol. The molecule has 0 radical (unpaired) electrons. The quantitative estimate of drug-likeness (QED) is 0.244. The van der Waals surface area contributed by atoms with Gasteiger partial charge in [0, 0.05) is 37.4 Å². The number of aromatic nitrogens is 1. The molecule has 5 aromatic rings. The highest BCUT2D eigenvalue weighted by Crippen LogP contribution is 2.39. The van der Waals surface area contributed by atoms with Gasteiger partial charge in [-0.25, -0.2) is 0 Å². The van der Waals surface area contributed by atoms with E-state index in [1.165, 1.54) is 42.0 Å². The first-order valence-corrected chi connectivity index (χ1v) is 10.3. The summed E-state index contributed by atoms with van der Waals surface area (Å²) < 4.78 is 9.80. The Morgan fingerprint density at radius 1 is 0.778 bits per heavy atom. The third kappa shape index (κ3) is 2.24. The molecular weight excluding hydrogens is 445 g/mol. The number of aryl methyl sites for hydroxylation is 1. The van der Waals surface area contributed by atoms with Crippen molar-refractivity contribution in [2.24, 2.45) is 0 Å². The predicted octanol–water partition coefficient (Wildman–Crippen LogP) is 7.09. The van der Waals surface area contributed by atoms with Gasteiger partial charge in [0.15, 0.2) is 0 Å². The largest absolute Gasteiger partial charge is 0.460 e. The van der Waals surface area contributed by atoms with Crippen molar-refractivity contribution >= 4 is 67.1 Å². The number of para-hydroxylation sites is 2. The molecule has 0 fully saturated rings. The van der Waals surface area contributed by atoms with Gasteiger partial charge >= 0.3 is 0 Å². The number of halogens is 1. The van der Waals surface area contributed by atoms with E-state index in [1.807, 2.05) is 0 Å². The molecule has 2 heterocycles. The highest BCUT2D eigenvalue weighted by atomic mass is 127. The van der Waals surface area contributed by atoms with E-state index in [0.717, 1.165) is 24.2 Å². The number of nitrogens with zero attached hydrogens (tertiary/aromatic N) is 1. The van der Waals surface area contributed by atoms with Crippen LogP contribution in [0.3, 0.4) is 0 Å². The van der Waals surface area contributed by atoms with Crippen molar-refractivity contribution in [3.8, 4) is 0 Å². The normalized spacial score (nSPS) is 14.0. The van der Waals surface area contributed by atoms with E-state index in [0.29, 0.717) is 0 Å². The standard InChI is InChI=1S/C24H16INO/c25-15-9-11-23-19(13-15)20-14-16(10-12-24(20)27-23)26-21-7-3-1-5-17(21)18-6-2-4-8-22(18)26/h1-9,11,13-14H,10,12H2. The van der Waals surface area contributed by atoms with E-state index < -0.39 is 0 Å². The van der Waals surface area contributed by atoms with Gasteiger partial charge in [-0.15, -0.1) is 0 Å². The van der Waals surface area contributed by atoms with Gasteiger partial charge in [-0.3, -0.25) is 0 Å². The van der Waals surface area contributed by atoms with Crippen LogP contribution in [0.4, 0.5) is 0 Å². The van der Waals surface area contributed by atoms with Crippen LogP contribution in [0.1, 0.15) is 17.7 Å². The van der Waals surface area contributed by atoms with Crippen molar-refractivity contribution in [2.75, 3.05) is 0 Å². The topological polar surface area (TPSA) is 18.1 Å². The number of fused-ring (bicyclic) bond motifs is 6. The summed E-state index contributed by atoms with van der Waals surface area (Å²) in [6.07, 6.45) is 4.25. The summed E-state index contributed by atoms with van der Waals surface area (Å²) in [5, 5.41) is 3.84. The van der Waals surface area contributed by atoms with Gasteiger partial charge in [-0.1, -0.05) is 36.4 Å². The Morgan fingerprint density at radius 2 is 1.48 bits per heavy atom. The van der Waals surface area contributed by atoms with Crippen LogP contribution in [-0.2, 0) is 6.42 Å². The summed E-state index contributed by atoms with van der Waals surface area (Å²) in [5.74, 6) is 1.11. The molecule has 2 nitrogen and oxygen atoms in total. The molecule has 0 saturated carbocycles. The highest BCUT2D eigenvalue weighted by molar-refractivity contribution is 14.1. The van der Waals surface area contributed by atoms with Crippen molar-refractivity contribution in [1.29, 1.82) is 0 Å². The van der Waals surface area contributed by atoms with Crippen LogP contribution in [-0.4, -0.2) is 4.57 Å². The summed E-state index contributed by atoms with van der Waals surface area (Å²) in [4.78, 5) is 0. The zero-order chi connectivity index (χ0) is 18.0. The van der Waals surface area contributed by atoms with Crippen LogP contribution in [0.2, 0.25) is 0 Å². The summed E-state index contributed by atoms with van der Waals surface area (Å²) in [5.41, 5.74) is 6.11. The lowest BCUT2D eigenvalue weighted by molar-refractivity contribution is 0.546. The Hall–Kier alpha value is -2.53. The molecule has 0 saturated heterocycles. The van der Waals surface area contributed by atoms with Crippen LogP contribution in [0.15, 0.2) is 71.1 Å². The molecule has 0 aliphatic heterocycles. The molecule has 1 aliphatic rings. The first-order chi connectivity index (χ1) is 13.3. The second kappa shape index (κ2) is 5.73. The monoisotopic (exact) mass is 461 g/mol. The van der Waals surface area contributed by atoms with Gasteiger partial charge in [-0.2, -0.15) is 0 Å². The van der Waals surface area contributed by atoms with Crippen LogP contribution in [0, 0.1) is 3.57 Å². The minimum atomic E-state index is 0.938. The maximum atomic E-state index is 6.13. The van der Waals surface area contributed by atoms with Crippen molar-refractivity contribution < 1.29 is 4.42 Å². The number of hydrogen-bond acceptors (Lipinski definition) is 1. The lowest BCUT2D eigenvalue weighted by atomic mass is 9.99. The van der Waals surface area contributed by atoms with Gasteiger partial charge in [0.25, 0.3) is 0 Å². The fraction of sp³-hybridized carbons (Fsp3) is 0.0833. The number of hydrogen-bond donors (Lipinski definition) is 0. The number of rotatable bonds is 1. The molecule has 0 spiro atoms. The molecule has 2 aromatic heterocycles. The molecule has 0 bridgehead atoms. The zero-order valence-electron chi connectivity index (χ0n) is 14.6. The summed E-state index contributed by atoms with van der Waals surface area (Å²) >= 11 is 2.37. The Balaban J connectivity index is 1.67. The third-order valence-electron chi connectivity index (χ3n) is 5.55. The number of benzene rings is 3. The summed E-state index contributed by atoms with van der Waals surface area (Å²) in [6, 6.07) is 23.8. The minimum Gasteiger partial charge on any atom is -0.460 e. The summed E-state index contributed by atoms with van der Waals surface area (Å²) in [7, 11) is 0. The summed E-state index contributed by atoms with van der Waals surface area (Å²) in [6.45, 7) is 0. The minimum absolute atomic E-state index is 0.938. The number of allylic oxidation sites excluding steroid dienone is 1. The fourth-order valence-corrected chi connectivity index (χ4v) is 4.86. The maximum Gasteiger partial charge on any atom is 0.134 e. The highest BCUT2D eigenvalue weighted by Gasteiger charge is 2.21. The SMILES string of the molecule is Ic1ccc2oc3c(c2c1)C=C(n1c2ccccc2c2ccccc21)CC3. The number of furan rings is 1. The second-order valence-electron chi connectivity index (χ2n) is 7.08. The Labute approximate surface area is 170 Å². The van der Waals surface area contributed by atoms with Gasteiger partial charge < -0.3 is 8.98 Å². The van der Waals surface area contributed by atoms with E-state index in [2.05, 4.69) is 100.0 Å². The lowest BCUT2D eigenvalue weighted by Gasteiger charge is -2.16. The second-order valence-corrected chi connectivity index (χ2v) is 8.33. The fourth-order valence-electron chi connectivity index (χ4n) is 4.37. The van der Waals surface area contributed by atoms with Crippen molar-refractivity contribution in [3.05, 3.63) is 81.6 Å². The van der Waals surface area contributed by atoms with Crippen LogP contribution < -0.4 is 0 Å². The van der Waals surface area contributed by atoms with Gasteiger partial charge in [0.2, 0.25) is 0 Å². The lowest BCUT2D eigenvalue weighted by Crippen LogP contribution is -2.03. The Kier molecular flexibility index (Phi) is 3.29. The molecule has 1 aliphatic carbocycles. The van der Waals surface area contributed by atoms with Crippen molar-refractivity contribution in [3.63, 3.8) is 0 Å². The third-order valence-corrected chi connectivity index (χ3v) is 6.22. The van der Waals surface area contributed by atoms with Gasteiger partial charge in [-0.05, 0) is 65.4 Å². The van der Waals surface area contributed by atoms with Gasteiger partial charge in [0.1, 0.15) is 11.3 Å². The zero-order valence-corrected chi connectivity index (χ0v) is 16.7. The maximum absolute atomic E-state index is 6.13. The molecule has 3 aromatic carbocycles. The molecule has 0 atom stereocenters. The van der Waals surface area contributed by atoms with E-state index in [-0.39, 0.29) is 0 Å². The van der Waals surface area contributed by atoms with Crippen LogP contribution in [0.25, 0.3) is 44.5 Å². The Bertz CT molecular complexity index is 1330. The van der Waals surface area contributed by atoms with Crippen molar-refractivity contribution in [1.82, 2.24) is 4.57 Å². The molecule has 27 heavy (non-hydrogen) atoms.